The number of alkyl halides is 3. The average Bonchev–Trinajstić information content (AvgIpc) is 2.72. The largest absolute Gasteiger partial charge is 0.452 e. The molecule has 2 aromatic rings. The molecule has 9 nitrogen and oxygen atoms in total. The molecule has 0 atom stereocenters. The topological polar surface area (TPSA) is 133 Å². The van der Waals surface area contributed by atoms with Gasteiger partial charge < -0.3 is 10.1 Å². The number of ether oxygens (including phenoxy) is 1. The third-order valence-electron chi connectivity index (χ3n) is 4.29. The van der Waals surface area contributed by atoms with Gasteiger partial charge in [-0.05, 0) is 12.1 Å². The Balaban J connectivity index is 1.92. The number of nitro benzene ring substituents is 1. The lowest BCUT2D eigenvalue weighted by atomic mass is 9.82. The van der Waals surface area contributed by atoms with Gasteiger partial charge in [0.05, 0.1) is 4.92 Å². The molecule has 0 bridgehead atoms. The average molecular weight is 436 g/mol. The molecule has 1 amide bonds. The fourth-order valence-electron chi connectivity index (χ4n) is 2.98. The van der Waals surface area contributed by atoms with Gasteiger partial charge in [-0.3, -0.25) is 24.5 Å². The minimum Gasteiger partial charge on any atom is -0.452 e. The monoisotopic (exact) mass is 436 g/mol. The molecule has 160 valence electrons. The van der Waals surface area contributed by atoms with Gasteiger partial charge in [0.15, 0.2) is 12.4 Å². The number of benzene rings is 2. The SMILES string of the molecule is O=C(COC(=O)c1ccc2c(c1[N+](=O)[O-])C(=O)c1ccccc1C2=O)NCC(F)(F)F. The summed E-state index contributed by atoms with van der Waals surface area (Å²) in [6.45, 7) is -2.79. The van der Waals surface area contributed by atoms with Gasteiger partial charge in [-0.1, -0.05) is 24.3 Å². The van der Waals surface area contributed by atoms with Gasteiger partial charge in [0, 0.05) is 16.7 Å². The van der Waals surface area contributed by atoms with E-state index in [1.54, 1.807) is 0 Å². The predicted molar refractivity (Wildman–Crippen MR) is 95.8 cm³/mol. The van der Waals surface area contributed by atoms with E-state index in [0.717, 1.165) is 12.1 Å². The fourth-order valence-corrected chi connectivity index (χ4v) is 2.98. The van der Waals surface area contributed by atoms with Crippen molar-refractivity contribution in [3.05, 3.63) is 74.3 Å². The molecule has 0 fully saturated rings. The molecule has 0 saturated carbocycles. The highest BCUT2D eigenvalue weighted by Gasteiger charge is 2.39. The molecule has 0 spiro atoms. The second kappa shape index (κ2) is 7.97. The van der Waals surface area contributed by atoms with Crippen LogP contribution in [0.2, 0.25) is 0 Å². The molecule has 1 aliphatic rings. The molecule has 0 aromatic heterocycles. The fraction of sp³-hybridized carbons (Fsp3) is 0.158. The van der Waals surface area contributed by atoms with E-state index in [1.165, 1.54) is 29.6 Å². The van der Waals surface area contributed by atoms with Crippen LogP contribution in [0.25, 0.3) is 0 Å². The zero-order chi connectivity index (χ0) is 22.9. The van der Waals surface area contributed by atoms with Crippen molar-refractivity contribution in [2.75, 3.05) is 13.2 Å². The standard InChI is InChI=1S/C19H11F3N2O7/c20-19(21,22)8-23-13(25)7-31-18(28)12-6-5-11-14(15(12)24(29)30)17(27)10-4-2-1-3-9(10)16(11)26/h1-6H,7-8H2,(H,23,25). The van der Waals surface area contributed by atoms with E-state index < -0.39 is 64.5 Å². The molecular weight excluding hydrogens is 425 g/mol. The first-order valence-electron chi connectivity index (χ1n) is 8.51. The molecule has 0 unspecified atom stereocenters. The molecule has 0 heterocycles. The van der Waals surface area contributed by atoms with Gasteiger partial charge in [-0.25, -0.2) is 4.79 Å². The molecule has 31 heavy (non-hydrogen) atoms. The van der Waals surface area contributed by atoms with Gasteiger partial charge in [0.1, 0.15) is 17.7 Å². The smallest absolute Gasteiger partial charge is 0.405 e. The number of amides is 1. The molecule has 12 heteroatoms. The van der Waals surface area contributed by atoms with Gasteiger partial charge in [-0.2, -0.15) is 13.2 Å². The Morgan fingerprint density at radius 3 is 2.19 bits per heavy atom. The van der Waals surface area contributed by atoms with Crippen molar-refractivity contribution in [1.82, 2.24) is 5.32 Å². The zero-order valence-electron chi connectivity index (χ0n) is 15.3. The third-order valence-corrected chi connectivity index (χ3v) is 4.29. The number of fused-ring (bicyclic) bond motifs is 2. The highest BCUT2D eigenvalue weighted by Crippen LogP contribution is 2.35. The number of nitro groups is 1. The number of esters is 1. The highest BCUT2D eigenvalue weighted by atomic mass is 19.4. The summed E-state index contributed by atoms with van der Waals surface area (Å²) in [5, 5.41) is 13.1. The van der Waals surface area contributed by atoms with Crippen LogP contribution in [0.1, 0.15) is 42.2 Å². The number of rotatable bonds is 5. The van der Waals surface area contributed by atoms with E-state index >= 15 is 0 Å². The Morgan fingerprint density at radius 2 is 1.61 bits per heavy atom. The van der Waals surface area contributed by atoms with Crippen molar-refractivity contribution in [2.45, 2.75) is 6.18 Å². The van der Waals surface area contributed by atoms with Crippen LogP contribution in [-0.2, 0) is 9.53 Å². The first kappa shape index (κ1) is 21.6. The first-order chi connectivity index (χ1) is 14.5. The van der Waals surface area contributed by atoms with Crippen LogP contribution in [-0.4, -0.2) is 47.7 Å². The number of ketones is 2. The van der Waals surface area contributed by atoms with Crippen molar-refractivity contribution >= 4 is 29.1 Å². The predicted octanol–water partition coefficient (Wildman–Crippen LogP) is 2.21. The van der Waals surface area contributed by atoms with E-state index in [9.17, 15) is 42.5 Å². The number of halogens is 3. The lowest BCUT2D eigenvalue weighted by Crippen LogP contribution is -2.36. The summed E-state index contributed by atoms with van der Waals surface area (Å²) in [7, 11) is 0. The van der Waals surface area contributed by atoms with E-state index in [4.69, 9.17) is 0 Å². The summed E-state index contributed by atoms with van der Waals surface area (Å²) in [6.07, 6.45) is -4.68. The summed E-state index contributed by atoms with van der Waals surface area (Å²) in [5.41, 5.74) is -2.65. The maximum atomic E-state index is 12.8. The number of nitrogens with zero attached hydrogens (tertiary/aromatic N) is 1. The molecular formula is C19H11F3N2O7. The van der Waals surface area contributed by atoms with Gasteiger partial charge in [0.2, 0.25) is 5.78 Å². The van der Waals surface area contributed by atoms with Gasteiger partial charge >= 0.3 is 12.1 Å². The Morgan fingerprint density at radius 1 is 1.00 bits per heavy atom. The Hall–Kier alpha value is -4.09. The molecule has 0 aliphatic heterocycles. The quantitative estimate of drug-likeness (QED) is 0.368. The molecule has 1 aliphatic carbocycles. The molecule has 2 aromatic carbocycles. The Bertz CT molecular complexity index is 1140. The number of carbonyl (C=O) groups excluding carboxylic acids is 4. The van der Waals surface area contributed by atoms with Gasteiger partial charge in [-0.15, -0.1) is 0 Å². The highest BCUT2D eigenvalue weighted by molar-refractivity contribution is 6.30. The van der Waals surface area contributed by atoms with Crippen molar-refractivity contribution in [1.29, 1.82) is 0 Å². The van der Waals surface area contributed by atoms with Crippen LogP contribution >= 0.6 is 0 Å². The van der Waals surface area contributed by atoms with E-state index in [-0.39, 0.29) is 16.7 Å². The summed E-state index contributed by atoms with van der Waals surface area (Å²) in [4.78, 5) is 59.7. The second-order valence-corrected chi connectivity index (χ2v) is 6.31. The summed E-state index contributed by atoms with van der Waals surface area (Å²) in [5.74, 6) is -4.21. The van der Waals surface area contributed by atoms with Crippen LogP contribution in [0.5, 0.6) is 0 Å². The second-order valence-electron chi connectivity index (χ2n) is 6.31. The summed E-state index contributed by atoms with van der Waals surface area (Å²) >= 11 is 0. The number of hydrogen-bond acceptors (Lipinski definition) is 7. The molecule has 0 radical (unpaired) electrons. The zero-order valence-corrected chi connectivity index (χ0v) is 15.3. The minimum absolute atomic E-state index is 0.0472. The minimum atomic E-state index is -4.68. The van der Waals surface area contributed by atoms with Crippen LogP contribution in [0, 0.1) is 10.1 Å². The number of hydrogen-bond donors (Lipinski definition) is 1. The van der Waals surface area contributed by atoms with Crippen LogP contribution in [0.3, 0.4) is 0 Å². The third kappa shape index (κ3) is 4.27. The number of carbonyl (C=O) groups is 4. The number of nitrogens with one attached hydrogen (secondary N) is 1. The molecule has 0 saturated heterocycles. The van der Waals surface area contributed by atoms with Crippen LogP contribution < -0.4 is 5.32 Å². The molecule has 3 rings (SSSR count). The maximum absolute atomic E-state index is 12.8. The van der Waals surface area contributed by atoms with E-state index in [0.29, 0.717) is 0 Å². The lowest BCUT2D eigenvalue weighted by Gasteiger charge is -2.18. The van der Waals surface area contributed by atoms with E-state index in [2.05, 4.69) is 4.74 Å². The van der Waals surface area contributed by atoms with Crippen molar-refractivity contribution in [2.24, 2.45) is 0 Å². The van der Waals surface area contributed by atoms with Crippen LogP contribution in [0.15, 0.2) is 36.4 Å². The lowest BCUT2D eigenvalue weighted by molar-refractivity contribution is -0.385. The van der Waals surface area contributed by atoms with Gasteiger partial charge in [0.25, 0.3) is 11.6 Å². The normalized spacial score (nSPS) is 12.6. The Labute approximate surface area is 170 Å². The summed E-state index contributed by atoms with van der Waals surface area (Å²) < 4.78 is 40.8. The van der Waals surface area contributed by atoms with E-state index in [1.807, 2.05) is 0 Å². The summed E-state index contributed by atoms with van der Waals surface area (Å²) in [6, 6.07) is 7.58. The van der Waals surface area contributed by atoms with Crippen molar-refractivity contribution in [3.8, 4) is 0 Å². The van der Waals surface area contributed by atoms with Crippen LogP contribution in [0.4, 0.5) is 18.9 Å². The molecule has 1 N–H and O–H groups in total. The Kier molecular flexibility index (Phi) is 5.56. The van der Waals surface area contributed by atoms with Crippen molar-refractivity contribution < 1.29 is 42.0 Å². The maximum Gasteiger partial charge on any atom is 0.405 e. The first-order valence-corrected chi connectivity index (χ1v) is 8.51. The van der Waals surface area contributed by atoms with Crippen molar-refractivity contribution in [3.63, 3.8) is 0 Å².